The molecule has 3 rings (SSSR count). The van der Waals surface area contributed by atoms with Crippen molar-refractivity contribution in [3.63, 3.8) is 0 Å². The number of urea groups is 1. The summed E-state index contributed by atoms with van der Waals surface area (Å²) in [5, 5.41) is 12.3. The van der Waals surface area contributed by atoms with Gasteiger partial charge in [-0.25, -0.2) is 9.78 Å². The largest absolute Gasteiger partial charge is 0.481 e. The van der Waals surface area contributed by atoms with Crippen LogP contribution in [0.25, 0.3) is 0 Å². The number of likely N-dealkylation sites (tertiary alicyclic amines) is 1. The number of hydrogen-bond acceptors (Lipinski definition) is 6. The summed E-state index contributed by atoms with van der Waals surface area (Å²) in [7, 11) is 0. The van der Waals surface area contributed by atoms with Crippen LogP contribution >= 0.6 is 23.1 Å². The Morgan fingerprint density at radius 1 is 1.19 bits per heavy atom. The highest BCUT2D eigenvalue weighted by atomic mass is 32.2. The summed E-state index contributed by atoms with van der Waals surface area (Å²) >= 11 is 2.81. The Morgan fingerprint density at radius 2 is 1.84 bits per heavy atom. The molecule has 0 unspecified atom stereocenters. The van der Waals surface area contributed by atoms with Crippen LogP contribution in [0, 0.1) is 5.92 Å². The van der Waals surface area contributed by atoms with Crippen LogP contribution in [0.3, 0.4) is 0 Å². The summed E-state index contributed by atoms with van der Waals surface area (Å²) < 4.78 is 0.893. The summed E-state index contributed by atoms with van der Waals surface area (Å²) in [5.41, 5.74) is 0. The topological polar surface area (TPSA) is 103 Å². The number of anilines is 1. The monoisotopic (exact) mass is 468 g/mol. The number of rotatable bonds is 7. The fraction of sp³-hybridized carbons (Fsp3) is 0.714. The number of nitrogens with zero attached hydrogens (tertiary/aromatic N) is 3. The quantitative estimate of drug-likeness (QED) is 0.583. The SMILES string of the molecule is CC(=O)N1CCC(N(C(=O)Nc2ncc(SCCC(=O)O)s2)[C@H]2CC[C@H](C)CC2)CC1. The van der Waals surface area contributed by atoms with Crippen molar-refractivity contribution in [3.05, 3.63) is 6.20 Å². The minimum Gasteiger partial charge on any atom is -0.481 e. The van der Waals surface area contributed by atoms with E-state index in [-0.39, 0.29) is 30.4 Å². The first-order chi connectivity index (χ1) is 14.8. The number of piperidine rings is 1. The van der Waals surface area contributed by atoms with Gasteiger partial charge in [0, 0.05) is 37.8 Å². The van der Waals surface area contributed by atoms with E-state index in [0.29, 0.717) is 29.9 Å². The molecule has 10 heteroatoms. The summed E-state index contributed by atoms with van der Waals surface area (Å²) in [4.78, 5) is 43.9. The first-order valence-corrected chi connectivity index (χ1v) is 12.8. The number of amides is 3. The molecule has 1 saturated carbocycles. The summed E-state index contributed by atoms with van der Waals surface area (Å²) in [6.07, 6.45) is 7.65. The fourth-order valence-corrected chi connectivity index (χ4v) is 6.26. The van der Waals surface area contributed by atoms with Gasteiger partial charge in [0.1, 0.15) is 0 Å². The van der Waals surface area contributed by atoms with Crippen LogP contribution in [0.4, 0.5) is 9.93 Å². The van der Waals surface area contributed by atoms with E-state index in [1.54, 1.807) is 13.1 Å². The van der Waals surface area contributed by atoms with Gasteiger partial charge in [-0.05, 0) is 44.4 Å². The van der Waals surface area contributed by atoms with E-state index in [1.807, 2.05) is 9.80 Å². The average molecular weight is 469 g/mol. The van der Waals surface area contributed by atoms with E-state index in [9.17, 15) is 14.4 Å². The molecule has 2 fully saturated rings. The molecule has 1 aliphatic heterocycles. The molecule has 172 valence electrons. The molecule has 31 heavy (non-hydrogen) atoms. The summed E-state index contributed by atoms with van der Waals surface area (Å²) in [5.74, 6) is 0.451. The first-order valence-electron chi connectivity index (χ1n) is 11.0. The van der Waals surface area contributed by atoms with Crippen molar-refractivity contribution in [3.8, 4) is 0 Å². The molecule has 1 aliphatic carbocycles. The second-order valence-electron chi connectivity index (χ2n) is 8.47. The lowest BCUT2D eigenvalue weighted by Crippen LogP contribution is -2.54. The first kappa shape index (κ1) is 23.8. The zero-order valence-corrected chi connectivity index (χ0v) is 19.8. The number of aliphatic carboxylic acids is 1. The molecule has 3 amide bonds. The molecule has 1 aromatic heterocycles. The van der Waals surface area contributed by atoms with Crippen molar-refractivity contribution in [2.75, 3.05) is 24.2 Å². The van der Waals surface area contributed by atoms with Crippen molar-refractivity contribution in [2.24, 2.45) is 5.92 Å². The van der Waals surface area contributed by atoms with Gasteiger partial charge in [0.05, 0.1) is 16.8 Å². The van der Waals surface area contributed by atoms with E-state index in [2.05, 4.69) is 17.2 Å². The average Bonchev–Trinajstić information content (AvgIpc) is 3.17. The van der Waals surface area contributed by atoms with Gasteiger partial charge in [0.25, 0.3) is 0 Å². The standard InChI is InChI=1S/C21H32N4O4S2/c1-14-3-5-16(6-4-14)25(17-7-10-24(11-8-17)15(2)26)21(29)23-20-22-13-19(31-20)30-12-9-18(27)28/h13-14,16-17H,3-12H2,1-2H3,(H,27,28)(H,22,23,29)/t14-,16-. The van der Waals surface area contributed by atoms with Gasteiger partial charge < -0.3 is 14.9 Å². The normalized spacial score (nSPS) is 22.2. The smallest absolute Gasteiger partial charge is 0.324 e. The number of hydrogen-bond donors (Lipinski definition) is 2. The van der Waals surface area contributed by atoms with E-state index in [0.717, 1.165) is 42.7 Å². The van der Waals surface area contributed by atoms with Gasteiger partial charge in [-0.2, -0.15) is 0 Å². The Morgan fingerprint density at radius 3 is 2.45 bits per heavy atom. The van der Waals surface area contributed by atoms with Gasteiger partial charge in [-0.3, -0.25) is 14.9 Å². The van der Waals surface area contributed by atoms with Gasteiger partial charge in [-0.1, -0.05) is 18.3 Å². The van der Waals surface area contributed by atoms with Crippen molar-refractivity contribution in [1.29, 1.82) is 0 Å². The van der Waals surface area contributed by atoms with Crippen molar-refractivity contribution >= 4 is 46.1 Å². The highest BCUT2D eigenvalue weighted by molar-refractivity contribution is 8.01. The number of carboxylic acid groups (broad SMARTS) is 1. The van der Waals surface area contributed by atoms with Crippen LogP contribution in [-0.2, 0) is 9.59 Å². The van der Waals surface area contributed by atoms with Crippen molar-refractivity contribution < 1.29 is 19.5 Å². The second kappa shape index (κ2) is 11.2. The Kier molecular flexibility index (Phi) is 8.59. The molecular weight excluding hydrogens is 436 g/mol. The van der Waals surface area contributed by atoms with Crippen LogP contribution in [0.2, 0.25) is 0 Å². The Balaban J connectivity index is 1.64. The molecule has 0 radical (unpaired) electrons. The lowest BCUT2D eigenvalue weighted by Gasteiger charge is -2.44. The van der Waals surface area contributed by atoms with Crippen LogP contribution in [0.5, 0.6) is 0 Å². The maximum Gasteiger partial charge on any atom is 0.324 e. The molecule has 2 heterocycles. The van der Waals surface area contributed by atoms with Crippen LogP contribution in [-0.4, -0.2) is 68.7 Å². The number of carbonyl (C=O) groups is 3. The molecule has 0 aromatic carbocycles. The third kappa shape index (κ3) is 6.83. The second-order valence-corrected chi connectivity index (χ2v) is 10.9. The number of carbonyl (C=O) groups excluding carboxylic acids is 2. The van der Waals surface area contributed by atoms with Gasteiger partial charge in [-0.15, -0.1) is 11.8 Å². The number of nitrogens with one attached hydrogen (secondary N) is 1. The number of aromatic nitrogens is 1. The molecule has 0 bridgehead atoms. The van der Waals surface area contributed by atoms with Gasteiger partial charge in [0.15, 0.2) is 5.13 Å². The van der Waals surface area contributed by atoms with Crippen molar-refractivity contribution in [2.45, 2.75) is 75.1 Å². The van der Waals surface area contributed by atoms with Gasteiger partial charge >= 0.3 is 12.0 Å². The highest BCUT2D eigenvalue weighted by Crippen LogP contribution is 2.33. The molecule has 1 aromatic rings. The van der Waals surface area contributed by atoms with E-state index < -0.39 is 5.97 Å². The number of carboxylic acids is 1. The van der Waals surface area contributed by atoms with Crippen LogP contribution in [0.1, 0.15) is 58.8 Å². The zero-order valence-electron chi connectivity index (χ0n) is 18.2. The zero-order chi connectivity index (χ0) is 22.4. The van der Waals surface area contributed by atoms with E-state index >= 15 is 0 Å². The van der Waals surface area contributed by atoms with E-state index in [1.165, 1.54) is 23.1 Å². The summed E-state index contributed by atoms with van der Waals surface area (Å²) in [6.45, 7) is 5.25. The molecule has 2 N–H and O–H groups in total. The summed E-state index contributed by atoms with van der Waals surface area (Å²) in [6, 6.07) is 0.227. The maximum absolute atomic E-state index is 13.3. The fourth-order valence-electron chi connectivity index (χ4n) is 4.39. The minimum atomic E-state index is -0.821. The minimum absolute atomic E-state index is 0.0941. The maximum atomic E-state index is 13.3. The van der Waals surface area contributed by atoms with Crippen molar-refractivity contribution in [1.82, 2.24) is 14.8 Å². The van der Waals surface area contributed by atoms with Gasteiger partial charge in [0.2, 0.25) is 5.91 Å². The van der Waals surface area contributed by atoms with Crippen LogP contribution < -0.4 is 5.32 Å². The lowest BCUT2D eigenvalue weighted by atomic mass is 9.85. The molecule has 0 spiro atoms. The molecular formula is C21H32N4O4S2. The molecule has 1 saturated heterocycles. The Bertz CT molecular complexity index is 771. The highest BCUT2D eigenvalue weighted by Gasteiger charge is 2.35. The number of thioether (sulfide) groups is 1. The Hall–Kier alpha value is -1.81. The predicted molar refractivity (Wildman–Crippen MR) is 123 cm³/mol. The molecule has 0 atom stereocenters. The van der Waals surface area contributed by atoms with Crippen LogP contribution in [0.15, 0.2) is 10.4 Å². The third-order valence-corrected chi connectivity index (χ3v) is 8.28. The predicted octanol–water partition coefficient (Wildman–Crippen LogP) is 4.13. The Labute approximate surface area is 191 Å². The molecule has 8 nitrogen and oxygen atoms in total. The molecule has 2 aliphatic rings. The number of thiazole rings is 1. The lowest BCUT2D eigenvalue weighted by molar-refractivity contribution is -0.136. The van der Waals surface area contributed by atoms with E-state index in [4.69, 9.17) is 5.11 Å². The third-order valence-electron chi connectivity index (χ3n) is 6.18.